The van der Waals surface area contributed by atoms with Gasteiger partial charge < -0.3 is 10.8 Å². The van der Waals surface area contributed by atoms with Crippen LogP contribution in [0.25, 0.3) is 6.08 Å². The van der Waals surface area contributed by atoms with Crippen LogP contribution in [0.5, 0.6) is 0 Å². The van der Waals surface area contributed by atoms with Crippen LogP contribution in [0.15, 0.2) is 41.5 Å². The van der Waals surface area contributed by atoms with Crippen LogP contribution in [0.4, 0.5) is 13.2 Å². The van der Waals surface area contributed by atoms with Gasteiger partial charge in [-0.2, -0.15) is 13.2 Å². The van der Waals surface area contributed by atoms with Gasteiger partial charge in [0.1, 0.15) is 0 Å². The van der Waals surface area contributed by atoms with Crippen molar-refractivity contribution in [1.29, 1.82) is 0 Å². The third-order valence-electron chi connectivity index (χ3n) is 5.32. The van der Waals surface area contributed by atoms with Gasteiger partial charge in [0.25, 0.3) is 0 Å². The lowest BCUT2D eigenvalue weighted by atomic mass is 9.72. The van der Waals surface area contributed by atoms with Crippen LogP contribution in [-0.2, 0) is 5.60 Å². The maximum atomic E-state index is 13.4. The number of hydrogen-bond acceptors (Lipinski definition) is 2. The minimum Gasteiger partial charge on any atom is -0.376 e. The number of allylic oxidation sites excluding steroid dienone is 3. The summed E-state index contributed by atoms with van der Waals surface area (Å²) in [5.74, 6) is 0. The Morgan fingerprint density at radius 1 is 1.23 bits per heavy atom. The topological polar surface area (TPSA) is 46.2 Å². The Kier molecular flexibility index (Phi) is 6.03. The number of benzene rings is 1. The van der Waals surface area contributed by atoms with Crippen LogP contribution in [-0.4, -0.2) is 17.8 Å². The lowest BCUT2D eigenvalue weighted by Gasteiger charge is -2.33. The number of alkyl halides is 3. The van der Waals surface area contributed by atoms with E-state index >= 15 is 0 Å². The lowest BCUT2D eigenvalue weighted by Crippen LogP contribution is -2.43. The first-order valence-electron chi connectivity index (χ1n) is 8.99. The Bertz CT molecular complexity index is 703. The molecule has 1 unspecified atom stereocenters. The van der Waals surface area contributed by atoms with E-state index in [9.17, 15) is 18.3 Å². The zero-order valence-electron chi connectivity index (χ0n) is 15.7. The molecule has 2 rings (SSSR count). The van der Waals surface area contributed by atoms with Crippen molar-refractivity contribution in [2.75, 3.05) is 6.54 Å². The Morgan fingerprint density at radius 2 is 1.92 bits per heavy atom. The Morgan fingerprint density at radius 3 is 2.50 bits per heavy atom. The van der Waals surface area contributed by atoms with E-state index in [0.29, 0.717) is 5.56 Å². The minimum atomic E-state index is -4.78. The van der Waals surface area contributed by atoms with Crippen molar-refractivity contribution < 1.29 is 18.3 Å². The van der Waals surface area contributed by atoms with Gasteiger partial charge in [0.15, 0.2) is 5.60 Å². The van der Waals surface area contributed by atoms with Crippen molar-refractivity contribution in [3.05, 3.63) is 52.6 Å². The second-order valence-corrected chi connectivity index (χ2v) is 7.79. The minimum absolute atomic E-state index is 0.0582. The molecule has 0 aliphatic heterocycles. The van der Waals surface area contributed by atoms with E-state index in [1.165, 1.54) is 29.3 Å². The molecule has 1 aromatic carbocycles. The molecule has 0 radical (unpaired) electrons. The van der Waals surface area contributed by atoms with Gasteiger partial charge in [-0.15, -0.1) is 0 Å². The van der Waals surface area contributed by atoms with Gasteiger partial charge in [0.05, 0.1) is 0 Å². The second kappa shape index (κ2) is 7.57. The second-order valence-electron chi connectivity index (χ2n) is 7.79. The van der Waals surface area contributed by atoms with Crippen molar-refractivity contribution in [3.63, 3.8) is 0 Å². The summed E-state index contributed by atoms with van der Waals surface area (Å²) in [4.78, 5) is 0. The van der Waals surface area contributed by atoms with Gasteiger partial charge in [-0.1, -0.05) is 49.8 Å². The van der Waals surface area contributed by atoms with E-state index in [1.54, 1.807) is 6.07 Å². The molecule has 5 heteroatoms. The fraction of sp³-hybridized carbons (Fsp3) is 0.524. The average molecular weight is 367 g/mol. The van der Waals surface area contributed by atoms with Gasteiger partial charge in [-0.05, 0) is 60.9 Å². The molecule has 26 heavy (non-hydrogen) atoms. The van der Waals surface area contributed by atoms with E-state index in [1.807, 2.05) is 12.2 Å². The first kappa shape index (κ1) is 20.7. The van der Waals surface area contributed by atoms with E-state index in [2.05, 4.69) is 20.8 Å². The smallest absolute Gasteiger partial charge is 0.376 e. The molecule has 3 N–H and O–H groups in total. The van der Waals surface area contributed by atoms with Gasteiger partial charge in [0.2, 0.25) is 0 Å². The van der Waals surface area contributed by atoms with Crippen LogP contribution in [0.3, 0.4) is 0 Å². The standard InChI is InChI=1S/C21H28F3NO/c1-15-6-5-11-19(2,3)18(15)10-9-16-7-4-8-17(14-16)20(26,12-13-25)21(22,23)24/h4,7-10,14,26H,5-6,11-13,25H2,1-3H3/b10-9+. The number of aliphatic hydroxyl groups is 1. The van der Waals surface area contributed by atoms with Crippen LogP contribution >= 0.6 is 0 Å². The van der Waals surface area contributed by atoms with Crippen molar-refractivity contribution in [2.45, 2.75) is 58.2 Å². The summed E-state index contributed by atoms with van der Waals surface area (Å²) in [6, 6.07) is 5.97. The summed E-state index contributed by atoms with van der Waals surface area (Å²) in [7, 11) is 0. The molecule has 0 heterocycles. The largest absolute Gasteiger partial charge is 0.421 e. The van der Waals surface area contributed by atoms with Gasteiger partial charge in [-0.25, -0.2) is 0 Å². The average Bonchev–Trinajstić information content (AvgIpc) is 2.53. The first-order chi connectivity index (χ1) is 12.0. The molecule has 144 valence electrons. The molecule has 0 amide bonds. The van der Waals surface area contributed by atoms with Crippen molar-refractivity contribution in [1.82, 2.24) is 0 Å². The van der Waals surface area contributed by atoms with Crippen LogP contribution in [0.2, 0.25) is 0 Å². The summed E-state index contributed by atoms with van der Waals surface area (Å²) in [5.41, 5.74) is 5.46. The fourth-order valence-electron chi connectivity index (χ4n) is 3.75. The highest BCUT2D eigenvalue weighted by molar-refractivity contribution is 5.56. The van der Waals surface area contributed by atoms with Crippen LogP contribution in [0, 0.1) is 5.41 Å². The molecule has 0 saturated heterocycles. The van der Waals surface area contributed by atoms with E-state index in [-0.39, 0.29) is 17.5 Å². The van der Waals surface area contributed by atoms with Gasteiger partial charge in [0, 0.05) is 6.42 Å². The first-order valence-corrected chi connectivity index (χ1v) is 8.99. The molecule has 1 atom stereocenters. The highest BCUT2D eigenvalue weighted by Gasteiger charge is 2.54. The molecule has 0 bridgehead atoms. The van der Waals surface area contributed by atoms with Crippen LogP contribution in [0.1, 0.15) is 57.6 Å². The summed E-state index contributed by atoms with van der Waals surface area (Å²) >= 11 is 0. The van der Waals surface area contributed by atoms with Crippen molar-refractivity contribution in [3.8, 4) is 0 Å². The quantitative estimate of drug-likeness (QED) is 0.739. The summed E-state index contributed by atoms with van der Waals surface area (Å²) in [6.07, 6.45) is 1.78. The molecular weight excluding hydrogens is 339 g/mol. The van der Waals surface area contributed by atoms with Crippen LogP contribution < -0.4 is 5.73 Å². The molecular formula is C21H28F3NO. The normalized spacial score (nSPS) is 20.5. The zero-order chi connectivity index (χ0) is 19.6. The molecule has 0 spiro atoms. The third-order valence-corrected chi connectivity index (χ3v) is 5.32. The molecule has 1 aliphatic rings. The summed E-state index contributed by atoms with van der Waals surface area (Å²) in [6.45, 7) is 6.24. The SMILES string of the molecule is CC1=C(/C=C/c2cccc(C(O)(CCN)C(F)(F)F)c2)C(C)(C)CCC1. The number of rotatable bonds is 5. The fourth-order valence-corrected chi connectivity index (χ4v) is 3.75. The lowest BCUT2D eigenvalue weighted by molar-refractivity contribution is -0.268. The highest BCUT2D eigenvalue weighted by Crippen LogP contribution is 2.42. The molecule has 0 aromatic heterocycles. The number of hydrogen-bond donors (Lipinski definition) is 2. The molecule has 2 nitrogen and oxygen atoms in total. The van der Waals surface area contributed by atoms with Gasteiger partial charge >= 0.3 is 6.18 Å². The third kappa shape index (κ3) is 4.21. The number of halogens is 3. The van der Waals surface area contributed by atoms with Crippen molar-refractivity contribution >= 4 is 6.08 Å². The molecule has 0 saturated carbocycles. The maximum Gasteiger partial charge on any atom is 0.421 e. The van der Waals surface area contributed by atoms with Gasteiger partial charge in [-0.3, -0.25) is 0 Å². The molecule has 0 fully saturated rings. The zero-order valence-corrected chi connectivity index (χ0v) is 15.7. The Labute approximate surface area is 153 Å². The summed E-state index contributed by atoms with van der Waals surface area (Å²) in [5, 5.41) is 10.2. The monoisotopic (exact) mass is 367 g/mol. The maximum absolute atomic E-state index is 13.4. The van der Waals surface area contributed by atoms with E-state index in [4.69, 9.17) is 5.73 Å². The Balaban J connectivity index is 2.38. The molecule has 1 aliphatic carbocycles. The predicted molar refractivity (Wildman–Crippen MR) is 99.4 cm³/mol. The van der Waals surface area contributed by atoms with Crippen molar-refractivity contribution in [2.24, 2.45) is 11.1 Å². The van der Waals surface area contributed by atoms with E-state index in [0.717, 1.165) is 19.3 Å². The number of nitrogens with two attached hydrogens (primary N) is 1. The van der Waals surface area contributed by atoms with E-state index < -0.39 is 18.2 Å². The highest BCUT2D eigenvalue weighted by atomic mass is 19.4. The summed E-state index contributed by atoms with van der Waals surface area (Å²) < 4.78 is 40.2. The predicted octanol–water partition coefficient (Wildman–Crippen LogP) is 5.33. The molecule has 1 aromatic rings. The Hall–Kier alpha value is -1.59.